The van der Waals surface area contributed by atoms with E-state index in [-0.39, 0.29) is 36.0 Å². The van der Waals surface area contributed by atoms with Crippen LogP contribution in [0.15, 0.2) is 27.8 Å². The highest BCUT2D eigenvalue weighted by molar-refractivity contribution is 14.0. The monoisotopic (exact) mass is 463 g/mol. The molecule has 25 heavy (non-hydrogen) atoms. The highest BCUT2D eigenvalue weighted by atomic mass is 127. The van der Waals surface area contributed by atoms with Gasteiger partial charge < -0.3 is 19.8 Å². The van der Waals surface area contributed by atoms with Crippen molar-refractivity contribution in [1.82, 2.24) is 10.6 Å². The van der Waals surface area contributed by atoms with Crippen molar-refractivity contribution in [1.29, 1.82) is 0 Å². The van der Waals surface area contributed by atoms with Gasteiger partial charge in [0.2, 0.25) is 0 Å². The summed E-state index contributed by atoms with van der Waals surface area (Å²) in [5.41, 5.74) is 0. The minimum Gasteiger partial charge on any atom is -0.469 e. The molecule has 0 radical (unpaired) electrons. The van der Waals surface area contributed by atoms with Crippen LogP contribution in [0.3, 0.4) is 0 Å². The molecule has 0 amide bonds. The third-order valence-electron chi connectivity index (χ3n) is 4.00. The lowest BCUT2D eigenvalue weighted by Gasteiger charge is -2.12. The predicted octanol–water partition coefficient (Wildman–Crippen LogP) is 3.26. The summed E-state index contributed by atoms with van der Waals surface area (Å²) in [4.78, 5) is 16.3. The maximum absolute atomic E-state index is 11.8. The molecule has 1 aromatic rings. The van der Waals surface area contributed by atoms with Gasteiger partial charge in [0.15, 0.2) is 5.96 Å². The number of hydrogen-bond donors (Lipinski definition) is 2. The third kappa shape index (κ3) is 9.13. The van der Waals surface area contributed by atoms with Gasteiger partial charge in [-0.2, -0.15) is 0 Å². The lowest BCUT2D eigenvalue weighted by atomic mass is 10.3. The van der Waals surface area contributed by atoms with E-state index in [4.69, 9.17) is 9.15 Å². The molecule has 0 aromatic carbocycles. The normalized spacial score (nSPS) is 14.8. The number of rotatable bonds is 9. The number of hydrogen-bond acceptors (Lipinski definition) is 4. The first-order valence-corrected chi connectivity index (χ1v) is 9.02. The van der Waals surface area contributed by atoms with E-state index >= 15 is 0 Å². The number of carbonyl (C=O) groups is 1. The Balaban J connectivity index is 0.00000312. The van der Waals surface area contributed by atoms with E-state index in [1.807, 2.05) is 19.1 Å². The van der Waals surface area contributed by atoms with E-state index in [0.717, 1.165) is 44.1 Å². The summed E-state index contributed by atoms with van der Waals surface area (Å²) < 4.78 is 10.7. The first-order chi connectivity index (χ1) is 11.8. The number of aliphatic imine (C=N–C) groups is 1. The Morgan fingerprint density at radius 2 is 2.16 bits per heavy atom. The molecule has 0 atom stereocenters. The molecular formula is C18H30IN3O3. The van der Waals surface area contributed by atoms with Crippen molar-refractivity contribution in [3.8, 4) is 0 Å². The predicted molar refractivity (Wildman–Crippen MR) is 109 cm³/mol. The molecule has 7 heteroatoms. The first-order valence-electron chi connectivity index (χ1n) is 9.02. The lowest BCUT2D eigenvalue weighted by Crippen LogP contribution is -2.38. The van der Waals surface area contributed by atoms with Crippen molar-refractivity contribution in [2.75, 3.05) is 19.6 Å². The van der Waals surface area contributed by atoms with Gasteiger partial charge in [-0.1, -0.05) is 0 Å². The fraction of sp³-hybridized carbons (Fsp3) is 0.667. The van der Waals surface area contributed by atoms with Crippen molar-refractivity contribution in [3.05, 3.63) is 24.2 Å². The minimum absolute atomic E-state index is 0. The molecule has 1 aromatic heterocycles. The summed E-state index contributed by atoms with van der Waals surface area (Å²) in [6, 6.07) is 3.85. The van der Waals surface area contributed by atoms with Gasteiger partial charge in [0, 0.05) is 32.5 Å². The molecule has 1 aliphatic rings. The third-order valence-corrected chi connectivity index (χ3v) is 4.00. The molecule has 2 rings (SSSR count). The molecule has 1 aliphatic carbocycles. The van der Waals surface area contributed by atoms with Crippen LogP contribution in [-0.4, -0.2) is 37.7 Å². The Morgan fingerprint density at radius 1 is 1.36 bits per heavy atom. The van der Waals surface area contributed by atoms with Crippen LogP contribution in [0.4, 0.5) is 0 Å². The molecule has 0 saturated heterocycles. The Morgan fingerprint density at radius 3 is 2.84 bits per heavy atom. The molecule has 0 aliphatic heterocycles. The highest BCUT2D eigenvalue weighted by Crippen LogP contribution is 2.21. The minimum atomic E-state index is -0.0899. The smallest absolute Gasteiger partial charge is 0.306 e. The van der Waals surface area contributed by atoms with Crippen LogP contribution in [0, 0.1) is 0 Å². The maximum Gasteiger partial charge on any atom is 0.306 e. The van der Waals surface area contributed by atoms with Gasteiger partial charge >= 0.3 is 5.97 Å². The van der Waals surface area contributed by atoms with E-state index < -0.39 is 0 Å². The fourth-order valence-corrected chi connectivity index (χ4v) is 2.77. The van der Waals surface area contributed by atoms with Gasteiger partial charge in [0.25, 0.3) is 0 Å². The Hall–Kier alpha value is -1.25. The van der Waals surface area contributed by atoms with Crippen molar-refractivity contribution < 1.29 is 13.9 Å². The van der Waals surface area contributed by atoms with Crippen LogP contribution in [0.1, 0.15) is 51.2 Å². The zero-order valence-corrected chi connectivity index (χ0v) is 17.3. The summed E-state index contributed by atoms with van der Waals surface area (Å²) in [5.74, 6) is 1.63. The first kappa shape index (κ1) is 21.8. The van der Waals surface area contributed by atoms with Crippen molar-refractivity contribution in [2.45, 2.75) is 58.0 Å². The van der Waals surface area contributed by atoms with Crippen LogP contribution >= 0.6 is 24.0 Å². The number of ether oxygens (including phenoxy) is 1. The largest absolute Gasteiger partial charge is 0.469 e. The molecular weight excluding hydrogens is 433 g/mol. The molecule has 0 unspecified atom stereocenters. The second kappa shape index (κ2) is 13.0. The lowest BCUT2D eigenvalue weighted by molar-refractivity contribution is -0.148. The van der Waals surface area contributed by atoms with E-state index in [2.05, 4.69) is 15.6 Å². The summed E-state index contributed by atoms with van der Waals surface area (Å²) in [6.07, 6.45) is 8.19. The fourth-order valence-electron chi connectivity index (χ4n) is 2.77. The van der Waals surface area contributed by atoms with Crippen LogP contribution in [0.5, 0.6) is 0 Å². The van der Waals surface area contributed by atoms with E-state index in [9.17, 15) is 4.79 Å². The van der Waals surface area contributed by atoms with Gasteiger partial charge in [-0.15, -0.1) is 24.0 Å². The average Bonchev–Trinajstić information content (AvgIpc) is 3.25. The number of furan rings is 1. The number of esters is 1. The highest BCUT2D eigenvalue weighted by Gasteiger charge is 2.18. The topological polar surface area (TPSA) is 75.9 Å². The van der Waals surface area contributed by atoms with Crippen LogP contribution < -0.4 is 10.6 Å². The van der Waals surface area contributed by atoms with Crippen LogP contribution in [0.25, 0.3) is 0 Å². The van der Waals surface area contributed by atoms with Crippen molar-refractivity contribution in [2.24, 2.45) is 4.99 Å². The molecule has 6 nitrogen and oxygen atoms in total. The van der Waals surface area contributed by atoms with Gasteiger partial charge in [-0.3, -0.25) is 9.79 Å². The van der Waals surface area contributed by atoms with Crippen LogP contribution in [-0.2, 0) is 16.0 Å². The Labute approximate surface area is 167 Å². The summed E-state index contributed by atoms with van der Waals surface area (Å²) >= 11 is 0. The van der Waals surface area contributed by atoms with Crippen LogP contribution in [0.2, 0.25) is 0 Å². The Bertz CT molecular complexity index is 500. The van der Waals surface area contributed by atoms with Gasteiger partial charge in [0.05, 0.1) is 6.26 Å². The molecule has 1 fully saturated rings. The molecule has 142 valence electrons. The second-order valence-electron chi connectivity index (χ2n) is 6.02. The average molecular weight is 463 g/mol. The number of halogens is 1. The quantitative estimate of drug-likeness (QED) is 0.193. The molecule has 1 heterocycles. The van der Waals surface area contributed by atoms with Gasteiger partial charge in [-0.05, 0) is 51.2 Å². The molecule has 1 saturated carbocycles. The van der Waals surface area contributed by atoms with E-state index in [1.165, 1.54) is 12.8 Å². The molecule has 2 N–H and O–H groups in total. The van der Waals surface area contributed by atoms with Gasteiger partial charge in [0.1, 0.15) is 11.9 Å². The maximum atomic E-state index is 11.8. The summed E-state index contributed by atoms with van der Waals surface area (Å²) in [6.45, 7) is 4.19. The zero-order chi connectivity index (χ0) is 17.0. The standard InChI is InChI=1S/C18H29N3O3.HI/c1-2-19-18(21-13-11-15-9-6-14-23-15)20-12-5-10-17(22)24-16-7-3-4-8-16;/h6,9,14,16H,2-5,7-8,10-13H2,1H3,(H2,19,20,21);1H. The number of nitrogens with one attached hydrogen (secondary N) is 2. The SMILES string of the molecule is CCNC(=NCCCC(=O)OC1CCCC1)NCCc1ccco1.I. The van der Waals surface area contributed by atoms with E-state index in [1.54, 1.807) is 6.26 Å². The second-order valence-corrected chi connectivity index (χ2v) is 6.02. The van der Waals surface area contributed by atoms with Gasteiger partial charge in [-0.25, -0.2) is 0 Å². The number of carbonyl (C=O) groups excluding carboxylic acids is 1. The Kier molecular flexibility index (Phi) is 11.3. The zero-order valence-electron chi connectivity index (χ0n) is 15.0. The van der Waals surface area contributed by atoms with E-state index in [0.29, 0.717) is 19.4 Å². The summed E-state index contributed by atoms with van der Waals surface area (Å²) in [5, 5.41) is 6.47. The summed E-state index contributed by atoms with van der Waals surface area (Å²) in [7, 11) is 0. The number of guanidine groups is 1. The van der Waals surface area contributed by atoms with Crippen molar-refractivity contribution in [3.63, 3.8) is 0 Å². The molecule has 0 spiro atoms. The number of nitrogens with zero attached hydrogens (tertiary/aromatic N) is 1. The molecule has 0 bridgehead atoms. The van der Waals surface area contributed by atoms with Crippen molar-refractivity contribution >= 4 is 35.9 Å².